The number of ketones is 1. The van der Waals surface area contributed by atoms with Crippen LogP contribution in [0.5, 0.6) is 0 Å². The zero-order valence-corrected chi connectivity index (χ0v) is 9.35. The first-order valence-corrected chi connectivity index (χ1v) is 5.18. The molecule has 0 saturated heterocycles. The van der Waals surface area contributed by atoms with Crippen molar-refractivity contribution in [3.8, 4) is 0 Å². The van der Waals surface area contributed by atoms with Gasteiger partial charge in [0.1, 0.15) is 5.76 Å². The lowest BCUT2D eigenvalue weighted by atomic mass is 9.92. The van der Waals surface area contributed by atoms with E-state index in [1.54, 1.807) is 6.92 Å². The fraction of sp³-hybridized carbons (Fsp3) is 0.727. The molecule has 0 aromatic carbocycles. The monoisotopic (exact) mass is 198 g/mol. The van der Waals surface area contributed by atoms with Crippen LogP contribution < -0.4 is 0 Å². The summed E-state index contributed by atoms with van der Waals surface area (Å²) in [4.78, 5) is 12.0. The van der Waals surface area contributed by atoms with E-state index < -0.39 is 5.60 Å². The van der Waals surface area contributed by atoms with Gasteiger partial charge in [0, 0.05) is 0 Å². The molecule has 1 aliphatic heterocycles. The highest BCUT2D eigenvalue weighted by Crippen LogP contribution is 2.35. The zero-order valence-electron chi connectivity index (χ0n) is 9.35. The number of carbonyl (C=O) groups excluding carboxylic acids is 1. The van der Waals surface area contributed by atoms with E-state index in [0.29, 0.717) is 31.0 Å². The van der Waals surface area contributed by atoms with Gasteiger partial charge in [-0.1, -0.05) is 13.8 Å². The molecule has 14 heavy (non-hydrogen) atoms. The zero-order chi connectivity index (χ0) is 10.8. The van der Waals surface area contributed by atoms with E-state index in [-0.39, 0.29) is 5.78 Å². The Bertz CT molecular complexity index is 262. The van der Waals surface area contributed by atoms with Crippen molar-refractivity contribution >= 4 is 5.78 Å². The highest BCUT2D eigenvalue weighted by Gasteiger charge is 2.46. The molecule has 0 atom stereocenters. The van der Waals surface area contributed by atoms with E-state index in [0.717, 1.165) is 0 Å². The van der Waals surface area contributed by atoms with Gasteiger partial charge in [-0.15, -0.1) is 0 Å². The second kappa shape index (κ2) is 4.03. The van der Waals surface area contributed by atoms with E-state index in [1.807, 2.05) is 20.8 Å². The quantitative estimate of drug-likeness (QED) is 0.696. The van der Waals surface area contributed by atoms with Crippen molar-refractivity contribution in [3.05, 3.63) is 11.5 Å². The second-order valence-corrected chi connectivity index (χ2v) is 3.45. The number of allylic oxidation sites excluding steroid dienone is 1. The van der Waals surface area contributed by atoms with Crippen LogP contribution in [0.15, 0.2) is 11.5 Å². The van der Waals surface area contributed by atoms with Crippen LogP contribution in [0, 0.1) is 0 Å². The molecule has 0 radical (unpaired) electrons. The Labute approximate surface area is 85.1 Å². The highest BCUT2D eigenvalue weighted by molar-refractivity contribution is 6.02. The third-order valence-electron chi connectivity index (χ3n) is 2.72. The third-order valence-corrected chi connectivity index (χ3v) is 2.72. The molecule has 0 saturated carbocycles. The van der Waals surface area contributed by atoms with Crippen LogP contribution in [0.2, 0.25) is 0 Å². The number of hydrogen-bond acceptors (Lipinski definition) is 3. The van der Waals surface area contributed by atoms with Gasteiger partial charge in [-0.25, -0.2) is 0 Å². The summed E-state index contributed by atoms with van der Waals surface area (Å²) in [7, 11) is 0. The molecular formula is C11H18O3. The summed E-state index contributed by atoms with van der Waals surface area (Å²) in [6.07, 6.45) is 1.38. The normalized spacial score (nSPS) is 19.9. The third kappa shape index (κ3) is 1.51. The molecule has 80 valence electrons. The van der Waals surface area contributed by atoms with Crippen molar-refractivity contribution < 1.29 is 14.3 Å². The minimum atomic E-state index is -0.658. The van der Waals surface area contributed by atoms with E-state index in [4.69, 9.17) is 9.47 Å². The first-order valence-electron chi connectivity index (χ1n) is 5.18. The van der Waals surface area contributed by atoms with Crippen LogP contribution in [0.3, 0.4) is 0 Å². The standard InChI is InChI=1S/C11H18O3/c1-5-11(6-2)10(12)9(13-7-3)8(4)14-11/h5-7H2,1-4H3. The Morgan fingerprint density at radius 2 is 1.86 bits per heavy atom. The molecule has 0 unspecified atom stereocenters. The predicted molar refractivity (Wildman–Crippen MR) is 53.7 cm³/mol. The summed E-state index contributed by atoms with van der Waals surface area (Å²) in [5.41, 5.74) is -0.658. The minimum Gasteiger partial charge on any atom is -0.487 e. The summed E-state index contributed by atoms with van der Waals surface area (Å²) in [6, 6.07) is 0. The van der Waals surface area contributed by atoms with Crippen LogP contribution >= 0.6 is 0 Å². The average molecular weight is 198 g/mol. The Morgan fingerprint density at radius 3 is 2.21 bits per heavy atom. The summed E-state index contributed by atoms with van der Waals surface area (Å²) < 4.78 is 10.9. The van der Waals surface area contributed by atoms with Crippen LogP contribution in [-0.2, 0) is 14.3 Å². The van der Waals surface area contributed by atoms with Crippen molar-refractivity contribution in [2.45, 2.75) is 46.1 Å². The first kappa shape index (κ1) is 11.1. The maximum atomic E-state index is 12.0. The molecule has 0 N–H and O–H groups in total. The van der Waals surface area contributed by atoms with E-state index in [2.05, 4.69) is 0 Å². The topological polar surface area (TPSA) is 35.5 Å². The van der Waals surface area contributed by atoms with Crippen LogP contribution in [-0.4, -0.2) is 18.0 Å². The summed E-state index contributed by atoms with van der Waals surface area (Å²) in [5, 5.41) is 0. The van der Waals surface area contributed by atoms with Gasteiger partial charge in [0.05, 0.1) is 6.61 Å². The van der Waals surface area contributed by atoms with E-state index in [1.165, 1.54) is 0 Å². The molecule has 1 aliphatic rings. The Morgan fingerprint density at radius 1 is 1.29 bits per heavy atom. The minimum absolute atomic E-state index is 0.00171. The molecule has 3 nitrogen and oxygen atoms in total. The van der Waals surface area contributed by atoms with Crippen LogP contribution in [0.1, 0.15) is 40.5 Å². The van der Waals surface area contributed by atoms with Gasteiger partial charge in [0.15, 0.2) is 5.60 Å². The molecule has 0 aromatic rings. The van der Waals surface area contributed by atoms with E-state index in [9.17, 15) is 4.79 Å². The largest absolute Gasteiger partial charge is 0.487 e. The number of ether oxygens (including phenoxy) is 2. The molecule has 0 aliphatic carbocycles. The van der Waals surface area contributed by atoms with Gasteiger partial charge in [0.2, 0.25) is 11.5 Å². The summed E-state index contributed by atoms with van der Waals surface area (Å²) in [6.45, 7) is 8.08. The van der Waals surface area contributed by atoms with Crippen molar-refractivity contribution in [2.75, 3.05) is 6.61 Å². The maximum absolute atomic E-state index is 12.0. The molecule has 3 heteroatoms. The summed E-state index contributed by atoms with van der Waals surface area (Å²) >= 11 is 0. The Hall–Kier alpha value is -0.990. The number of hydrogen-bond donors (Lipinski definition) is 0. The number of rotatable bonds is 4. The summed E-state index contributed by atoms with van der Waals surface area (Å²) in [5.74, 6) is 1.04. The molecule has 1 rings (SSSR count). The van der Waals surface area contributed by atoms with Crippen LogP contribution in [0.25, 0.3) is 0 Å². The molecule has 0 bridgehead atoms. The van der Waals surface area contributed by atoms with E-state index >= 15 is 0 Å². The molecule has 0 spiro atoms. The number of carbonyl (C=O) groups is 1. The SMILES string of the molecule is CCOC1=C(C)OC(CC)(CC)C1=O. The molecule has 1 heterocycles. The van der Waals surface area contributed by atoms with Crippen LogP contribution in [0.4, 0.5) is 0 Å². The average Bonchev–Trinajstić information content (AvgIpc) is 2.43. The van der Waals surface area contributed by atoms with Crippen molar-refractivity contribution in [1.29, 1.82) is 0 Å². The molecule has 0 aromatic heterocycles. The lowest BCUT2D eigenvalue weighted by molar-refractivity contribution is -0.133. The second-order valence-electron chi connectivity index (χ2n) is 3.45. The van der Waals surface area contributed by atoms with Crippen molar-refractivity contribution in [2.24, 2.45) is 0 Å². The predicted octanol–water partition coefficient (Wildman–Crippen LogP) is 2.41. The van der Waals surface area contributed by atoms with Gasteiger partial charge in [0.25, 0.3) is 0 Å². The van der Waals surface area contributed by atoms with Crippen molar-refractivity contribution in [1.82, 2.24) is 0 Å². The maximum Gasteiger partial charge on any atom is 0.244 e. The fourth-order valence-electron chi connectivity index (χ4n) is 1.78. The Balaban J connectivity index is 2.92. The molecular weight excluding hydrogens is 180 g/mol. The van der Waals surface area contributed by atoms with Gasteiger partial charge in [-0.05, 0) is 26.7 Å². The lowest BCUT2D eigenvalue weighted by Gasteiger charge is -2.24. The van der Waals surface area contributed by atoms with Gasteiger partial charge in [-0.3, -0.25) is 4.79 Å². The Kier molecular flexibility index (Phi) is 3.19. The van der Waals surface area contributed by atoms with Gasteiger partial charge < -0.3 is 9.47 Å². The smallest absolute Gasteiger partial charge is 0.244 e. The van der Waals surface area contributed by atoms with Gasteiger partial charge in [-0.2, -0.15) is 0 Å². The highest BCUT2D eigenvalue weighted by atomic mass is 16.6. The first-order chi connectivity index (χ1) is 6.61. The van der Waals surface area contributed by atoms with Gasteiger partial charge >= 0.3 is 0 Å². The molecule has 0 fully saturated rings. The molecule has 0 amide bonds. The lowest BCUT2D eigenvalue weighted by Crippen LogP contribution is -2.36. The number of Topliss-reactive ketones (excluding diaryl/α,β-unsaturated/α-hetero) is 1. The van der Waals surface area contributed by atoms with Crippen molar-refractivity contribution in [3.63, 3.8) is 0 Å². The fourth-order valence-corrected chi connectivity index (χ4v) is 1.78.